The van der Waals surface area contributed by atoms with Crippen LogP contribution in [0.5, 0.6) is 17.2 Å². The molecule has 0 spiro atoms. The summed E-state index contributed by atoms with van der Waals surface area (Å²) in [6.07, 6.45) is 1.25. The van der Waals surface area contributed by atoms with Gasteiger partial charge < -0.3 is 14.2 Å². The van der Waals surface area contributed by atoms with Crippen LogP contribution in [-0.2, 0) is 10.0 Å². The molecule has 0 N–H and O–H groups in total. The zero-order chi connectivity index (χ0) is 19.4. The zero-order valence-electron chi connectivity index (χ0n) is 15.2. The summed E-state index contributed by atoms with van der Waals surface area (Å²) in [5.74, 6) is 1.67. The van der Waals surface area contributed by atoms with Gasteiger partial charge in [0.2, 0.25) is 10.0 Å². The van der Waals surface area contributed by atoms with Gasteiger partial charge in [0, 0.05) is 19.2 Å². The quantitative estimate of drug-likeness (QED) is 0.664. The van der Waals surface area contributed by atoms with Crippen molar-refractivity contribution in [3.63, 3.8) is 0 Å². The van der Waals surface area contributed by atoms with Gasteiger partial charge in [-0.05, 0) is 53.0 Å². The third kappa shape index (κ3) is 4.39. The molecule has 1 aliphatic rings. The first-order valence-electron chi connectivity index (χ1n) is 8.59. The fourth-order valence-electron chi connectivity index (χ4n) is 3.04. The number of hydrogen-bond donors (Lipinski definition) is 0. The number of methoxy groups -OCH3 is 2. The Kier molecular flexibility index (Phi) is 6.29. The molecular weight excluding hydrogens is 434 g/mol. The molecule has 27 heavy (non-hydrogen) atoms. The molecule has 3 rings (SSSR count). The highest BCUT2D eigenvalue weighted by Gasteiger charge is 2.31. The van der Waals surface area contributed by atoms with Crippen LogP contribution in [-0.4, -0.2) is 46.1 Å². The van der Waals surface area contributed by atoms with E-state index in [0.717, 1.165) is 10.2 Å². The van der Waals surface area contributed by atoms with Crippen molar-refractivity contribution < 1.29 is 22.6 Å². The van der Waals surface area contributed by atoms with Crippen molar-refractivity contribution in [3.05, 3.63) is 46.9 Å². The monoisotopic (exact) mass is 455 g/mol. The summed E-state index contributed by atoms with van der Waals surface area (Å²) >= 11 is 3.47. The van der Waals surface area contributed by atoms with E-state index >= 15 is 0 Å². The van der Waals surface area contributed by atoms with Gasteiger partial charge in [0.1, 0.15) is 11.9 Å². The average molecular weight is 456 g/mol. The van der Waals surface area contributed by atoms with Gasteiger partial charge >= 0.3 is 0 Å². The molecule has 1 fully saturated rings. The average Bonchev–Trinajstić information content (AvgIpc) is 2.69. The summed E-state index contributed by atoms with van der Waals surface area (Å²) in [7, 11) is -0.590. The molecule has 146 valence electrons. The molecule has 1 aliphatic heterocycles. The fraction of sp³-hybridized carbons (Fsp3) is 0.368. The molecule has 6 nitrogen and oxygen atoms in total. The van der Waals surface area contributed by atoms with Gasteiger partial charge in [0.05, 0.1) is 23.6 Å². The Morgan fingerprint density at radius 1 is 0.963 bits per heavy atom. The van der Waals surface area contributed by atoms with Gasteiger partial charge in [0.15, 0.2) is 11.5 Å². The molecule has 0 aliphatic carbocycles. The lowest BCUT2D eigenvalue weighted by molar-refractivity contribution is 0.134. The van der Waals surface area contributed by atoms with E-state index in [2.05, 4.69) is 15.9 Å². The molecule has 0 aromatic heterocycles. The second kappa shape index (κ2) is 8.50. The smallest absolute Gasteiger partial charge is 0.243 e. The second-order valence-corrected chi connectivity index (χ2v) is 8.96. The lowest BCUT2D eigenvalue weighted by Crippen LogP contribution is -2.41. The highest BCUT2D eigenvalue weighted by molar-refractivity contribution is 9.10. The molecule has 0 radical (unpaired) electrons. The molecule has 0 amide bonds. The van der Waals surface area contributed by atoms with E-state index in [1.54, 1.807) is 12.1 Å². The van der Waals surface area contributed by atoms with Crippen LogP contribution in [0, 0.1) is 0 Å². The van der Waals surface area contributed by atoms with E-state index in [-0.39, 0.29) is 11.0 Å². The predicted octanol–water partition coefficient (Wildman–Crippen LogP) is 3.70. The maximum atomic E-state index is 13.0. The van der Waals surface area contributed by atoms with Crippen LogP contribution in [0.1, 0.15) is 12.8 Å². The van der Waals surface area contributed by atoms with Gasteiger partial charge in [-0.3, -0.25) is 0 Å². The second-order valence-electron chi connectivity index (χ2n) is 6.17. The lowest BCUT2D eigenvalue weighted by atomic mass is 10.1. The number of halogens is 1. The minimum atomic E-state index is -3.59. The Balaban J connectivity index is 1.69. The third-order valence-electron chi connectivity index (χ3n) is 4.52. The van der Waals surface area contributed by atoms with Crippen molar-refractivity contribution in [1.82, 2.24) is 4.31 Å². The molecule has 0 atom stereocenters. The van der Waals surface area contributed by atoms with E-state index in [4.69, 9.17) is 14.2 Å². The van der Waals surface area contributed by atoms with Crippen LogP contribution >= 0.6 is 15.9 Å². The zero-order valence-corrected chi connectivity index (χ0v) is 17.6. The number of ether oxygens (including phenoxy) is 3. The maximum Gasteiger partial charge on any atom is 0.243 e. The Hall–Kier alpha value is -1.77. The van der Waals surface area contributed by atoms with Gasteiger partial charge in [-0.25, -0.2) is 8.42 Å². The van der Waals surface area contributed by atoms with Crippen molar-refractivity contribution in [2.45, 2.75) is 23.8 Å². The van der Waals surface area contributed by atoms with Crippen molar-refractivity contribution in [2.24, 2.45) is 0 Å². The van der Waals surface area contributed by atoms with E-state index in [0.29, 0.717) is 37.4 Å². The first-order chi connectivity index (χ1) is 13.0. The summed E-state index contributed by atoms with van der Waals surface area (Å²) < 4.78 is 44.7. The maximum absolute atomic E-state index is 13.0. The van der Waals surface area contributed by atoms with Crippen molar-refractivity contribution in [1.29, 1.82) is 0 Å². The number of para-hydroxylation sites is 1. The van der Waals surface area contributed by atoms with Crippen LogP contribution in [0.4, 0.5) is 0 Å². The minimum Gasteiger partial charge on any atom is -0.493 e. The number of piperidine rings is 1. The van der Waals surface area contributed by atoms with Crippen LogP contribution in [0.3, 0.4) is 0 Å². The highest BCUT2D eigenvalue weighted by Crippen LogP contribution is 2.32. The number of hydrogen-bond acceptors (Lipinski definition) is 5. The van der Waals surface area contributed by atoms with Crippen molar-refractivity contribution in [3.8, 4) is 17.2 Å². The third-order valence-corrected chi connectivity index (χ3v) is 7.07. The predicted molar refractivity (Wildman–Crippen MR) is 106 cm³/mol. The summed E-state index contributed by atoms with van der Waals surface area (Å²) in [5.41, 5.74) is 0. The summed E-state index contributed by atoms with van der Waals surface area (Å²) in [5, 5.41) is 0. The number of nitrogens with zero attached hydrogens (tertiary/aromatic N) is 1. The summed E-state index contributed by atoms with van der Waals surface area (Å²) in [6.45, 7) is 0.817. The van der Waals surface area contributed by atoms with E-state index < -0.39 is 10.0 Å². The standard InChI is InChI=1S/C19H22BrNO5S/c1-24-18-8-7-15(13-19(18)25-2)27(22,23)21-11-9-14(10-12-21)26-17-6-4-3-5-16(17)20/h3-8,13-14H,9-12H2,1-2H3. The van der Waals surface area contributed by atoms with Crippen molar-refractivity contribution in [2.75, 3.05) is 27.3 Å². The van der Waals surface area contributed by atoms with Gasteiger partial charge in [-0.1, -0.05) is 12.1 Å². The molecule has 2 aromatic rings. The van der Waals surface area contributed by atoms with Crippen LogP contribution in [0.25, 0.3) is 0 Å². The first kappa shape index (κ1) is 20.0. The Morgan fingerprint density at radius 2 is 1.63 bits per heavy atom. The van der Waals surface area contributed by atoms with Crippen LogP contribution in [0.2, 0.25) is 0 Å². The molecule has 0 unspecified atom stereocenters. The summed E-state index contributed by atoms with van der Waals surface area (Å²) in [6, 6.07) is 12.3. The SMILES string of the molecule is COc1ccc(S(=O)(=O)N2CCC(Oc3ccccc3Br)CC2)cc1OC. The molecule has 0 bridgehead atoms. The van der Waals surface area contributed by atoms with Crippen LogP contribution < -0.4 is 14.2 Å². The molecule has 1 heterocycles. The molecule has 1 saturated heterocycles. The molecule has 0 saturated carbocycles. The lowest BCUT2D eigenvalue weighted by Gasteiger charge is -2.31. The fourth-order valence-corrected chi connectivity index (χ4v) is 4.90. The normalized spacial score (nSPS) is 16.1. The molecular formula is C19H22BrNO5S. The van der Waals surface area contributed by atoms with Gasteiger partial charge in [0.25, 0.3) is 0 Å². The number of sulfonamides is 1. The molecule has 2 aromatic carbocycles. The minimum absolute atomic E-state index is 0.0134. The highest BCUT2D eigenvalue weighted by atomic mass is 79.9. The van der Waals surface area contributed by atoms with E-state index in [1.165, 1.54) is 24.6 Å². The summed E-state index contributed by atoms with van der Waals surface area (Å²) in [4.78, 5) is 0.199. The van der Waals surface area contributed by atoms with Crippen molar-refractivity contribution >= 4 is 26.0 Å². The van der Waals surface area contributed by atoms with Gasteiger partial charge in [-0.2, -0.15) is 4.31 Å². The number of benzene rings is 2. The molecule has 8 heteroatoms. The Bertz CT molecular complexity index is 895. The Morgan fingerprint density at radius 3 is 2.26 bits per heavy atom. The number of rotatable bonds is 6. The topological polar surface area (TPSA) is 65.1 Å². The van der Waals surface area contributed by atoms with E-state index in [1.807, 2.05) is 24.3 Å². The van der Waals surface area contributed by atoms with E-state index in [9.17, 15) is 8.42 Å². The van der Waals surface area contributed by atoms with Crippen LogP contribution in [0.15, 0.2) is 51.8 Å². The first-order valence-corrected chi connectivity index (χ1v) is 10.8. The largest absolute Gasteiger partial charge is 0.493 e. The van der Waals surface area contributed by atoms with Gasteiger partial charge in [-0.15, -0.1) is 0 Å². The Labute approximate surface area is 168 Å².